The number of hydrogen-bond donors (Lipinski definition) is 0. The molecular formula is C21H22FNO3. The summed E-state index contributed by atoms with van der Waals surface area (Å²) in [6.45, 7) is 2.00. The van der Waals surface area contributed by atoms with Crippen LogP contribution in [0.15, 0.2) is 61.1 Å². The van der Waals surface area contributed by atoms with Gasteiger partial charge in [0.15, 0.2) is 0 Å². The van der Waals surface area contributed by atoms with E-state index in [0.29, 0.717) is 24.0 Å². The first-order valence-electron chi connectivity index (χ1n) is 8.97. The highest BCUT2D eigenvalue weighted by Gasteiger charge is 2.30. The molecule has 2 aromatic rings. The fourth-order valence-electron chi connectivity index (χ4n) is 3.46. The number of anilines is 1. The molecule has 2 aliphatic heterocycles. The van der Waals surface area contributed by atoms with E-state index in [1.165, 1.54) is 6.07 Å². The van der Waals surface area contributed by atoms with Crippen LogP contribution < -0.4 is 9.64 Å². The standard InChI is InChI=1S/C21H22FNO3/c22-19-14-18(26-15-16-4-2-1-3-5-16)6-7-20(19)23-10-8-17(9-11-23)21-24-12-13-25-21/h1-7,12-14,17,21H,8-11,15H2. The minimum atomic E-state index is -0.246. The molecular weight excluding hydrogens is 333 g/mol. The SMILES string of the molecule is Fc1cc(OCc2ccccc2)ccc1N1CCC(C2OC=CO2)CC1. The topological polar surface area (TPSA) is 30.9 Å². The van der Waals surface area contributed by atoms with Crippen LogP contribution in [0.2, 0.25) is 0 Å². The Hall–Kier alpha value is -2.69. The first kappa shape index (κ1) is 16.8. The van der Waals surface area contributed by atoms with Gasteiger partial charge in [0.05, 0.1) is 5.69 Å². The van der Waals surface area contributed by atoms with Crippen molar-refractivity contribution in [2.45, 2.75) is 25.7 Å². The van der Waals surface area contributed by atoms with Crippen molar-refractivity contribution < 1.29 is 18.6 Å². The van der Waals surface area contributed by atoms with Gasteiger partial charge in [0.1, 0.15) is 30.7 Å². The Kier molecular flexibility index (Phi) is 4.95. The molecule has 0 unspecified atom stereocenters. The van der Waals surface area contributed by atoms with Crippen molar-refractivity contribution in [1.29, 1.82) is 0 Å². The van der Waals surface area contributed by atoms with Gasteiger partial charge in [-0.15, -0.1) is 0 Å². The minimum absolute atomic E-state index is 0.184. The highest BCUT2D eigenvalue weighted by Crippen LogP contribution is 2.31. The van der Waals surface area contributed by atoms with E-state index in [9.17, 15) is 4.39 Å². The summed E-state index contributed by atoms with van der Waals surface area (Å²) in [5.74, 6) is 0.644. The Balaban J connectivity index is 1.34. The molecule has 0 atom stereocenters. The smallest absolute Gasteiger partial charge is 0.242 e. The summed E-state index contributed by atoms with van der Waals surface area (Å²) in [5.41, 5.74) is 1.69. The van der Waals surface area contributed by atoms with Crippen molar-refractivity contribution in [3.63, 3.8) is 0 Å². The van der Waals surface area contributed by atoms with Gasteiger partial charge in [-0.3, -0.25) is 0 Å². The highest BCUT2D eigenvalue weighted by atomic mass is 19.1. The second-order valence-corrected chi connectivity index (χ2v) is 6.62. The van der Waals surface area contributed by atoms with E-state index in [1.54, 1.807) is 18.6 Å². The van der Waals surface area contributed by atoms with Crippen LogP contribution in [0, 0.1) is 11.7 Å². The summed E-state index contributed by atoms with van der Waals surface area (Å²) in [4.78, 5) is 2.08. The summed E-state index contributed by atoms with van der Waals surface area (Å²) >= 11 is 0. The lowest BCUT2D eigenvalue weighted by atomic mass is 9.95. The molecule has 0 spiro atoms. The van der Waals surface area contributed by atoms with Crippen LogP contribution in [0.5, 0.6) is 5.75 Å². The van der Waals surface area contributed by atoms with E-state index < -0.39 is 0 Å². The molecule has 136 valence electrons. The fourth-order valence-corrected chi connectivity index (χ4v) is 3.46. The zero-order valence-corrected chi connectivity index (χ0v) is 14.5. The monoisotopic (exact) mass is 355 g/mol. The molecule has 0 radical (unpaired) electrons. The van der Waals surface area contributed by atoms with E-state index in [4.69, 9.17) is 14.2 Å². The molecule has 0 bridgehead atoms. The van der Waals surface area contributed by atoms with Gasteiger partial charge in [0.25, 0.3) is 0 Å². The fraction of sp³-hybridized carbons (Fsp3) is 0.333. The molecule has 2 heterocycles. The summed E-state index contributed by atoms with van der Waals surface area (Å²) in [5, 5.41) is 0. The first-order chi connectivity index (χ1) is 12.8. The number of halogens is 1. The molecule has 2 aromatic carbocycles. The van der Waals surface area contributed by atoms with E-state index in [-0.39, 0.29) is 12.1 Å². The maximum absolute atomic E-state index is 14.6. The van der Waals surface area contributed by atoms with Gasteiger partial charge in [0, 0.05) is 25.1 Å². The largest absolute Gasteiger partial charge is 0.489 e. The van der Waals surface area contributed by atoms with Gasteiger partial charge in [-0.25, -0.2) is 4.39 Å². The van der Waals surface area contributed by atoms with Crippen LogP contribution in [0.3, 0.4) is 0 Å². The molecule has 0 aromatic heterocycles. The summed E-state index contributed by atoms with van der Waals surface area (Å²) in [7, 11) is 0. The maximum atomic E-state index is 14.6. The minimum Gasteiger partial charge on any atom is -0.489 e. The molecule has 0 N–H and O–H groups in total. The zero-order chi connectivity index (χ0) is 17.8. The summed E-state index contributed by atoms with van der Waals surface area (Å²) in [6.07, 6.45) is 4.82. The first-order valence-corrected chi connectivity index (χ1v) is 8.97. The van der Waals surface area contributed by atoms with Crippen molar-refractivity contribution >= 4 is 5.69 Å². The van der Waals surface area contributed by atoms with Crippen molar-refractivity contribution in [2.24, 2.45) is 5.92 Å². The van der Waals surface area contributed by atoms with E-state index >= 15 is 0 Å². The zero-order valence-electron chi connectivity index (χ0n) is 14.5. The molecule has 26 heavy (non-hydrogen) atoms. The predicted molar refractivity (Wildman–Crippen MR) is 97.2 cm³/mol. The number of piperidine rings is 1. The van der Waals surface area contributed by atoms with Gasteiger partial charge in [-0.2, -0.15) is 0 Å². The average Bonchev–Trinajstić information content (AvgIpc) is 3.22. The van der Waals surface area contributed by atoms with Gasteiger partial charge < -0.3 is 19.1 Å². The van der Waals surface area contributed by atoms with Crippen LogP contribution in [-0.2, 0) is 16.1 Å². The molecule has 1 saturated heterocycles. The van der Waals surface area contributed by atoms with Gasteiger partial charge in [-0.05, 0) is 30.5 Å². The van der Waals surface area contributed by atoms with Crippen LogP contribution in [0.25, 0.3) is 0 Å². The van der Waals surface area contributed by atoms with Crippen molar-refractivity contribution in [2.75, 3.05) is 18.0 Å². The second kappa shape index (κ2) is 7.68. The number of nitrogens with zero attached hydrogens (tertiary/aromatic N) is 1. The Morgan fingerprint density at radius 2 is 1.73 bits per heavy atom. The molecule has 5 heteroatoms. The molecule has 0 amide bonds. The third-order valence-corrected chi connectivity index (χ3v) is 4.91. The second-order valence-electron chi connectivity index (χ2n) is 6.62. The van der Waals surface area contributed by atoms with Gasteiger partial charge in [0.2, 0.25) is 6.29 Å². The lowest BCUT2D eigenvalue weighted by Crippen LogP contribution is -2.38. The number of hydrogen-bond acceptors (Lipinski definition) is 4. The lowest BCUT2D eigenvalue weighted by Gasteiger charge is -2.35. The van der Waals surface area contributed by atoms with Crippen LogP contribution in [-0.4, -0.2) is 19.4 Å². The molecule has 4 rings (SSSR count). The maximum Gasteiger partial charge on any atom is 0.242 e. The summed E-state index contributed by atoms with van der Waals surface area (Å²) < 4.78 is 31.1. The molecule has 0 aliphatic carbocycles. The number of benzene rings is 2. The van der Waals surface area contributed by atoms with Crippen molar-refractivity contribution in [1.82, 2.24) is 0 Å². The quantitative estimate of drug-likeness (QED) is 0.792. The molecule has 0 saturated carbocycles. The molecule has 4 nitrogen and oxygen atoms in total. The Morgan fingerprint density at radius 3 is 2.42 bits per heavy atom. The Morgan fingerprint density at radius 1 is 1.00 bits per heavy atom. The normalized spacial score (nSPS) is 17.8. The lowest BCUT2D eigenvalue weighted by molar-refractivity contribution is -0.0728. The van der Waals surface area contributed by atoms with Crippen molar-refractivity contribution in [3.8, 4) is 5.75 Å². The van der Waals surface area contributed by atoms with E-state index in [0.717, 1.165) is 31.5 Å². The van der Waals surface area contributed by atoms with Gasteiger partial charge >= 0.3 is 0 Å². The Labute approximate surface area is 152 Å². The van der Waals surface area contributed by atoms with Gasteiger partial charge in [-0.1, -0.05) is 30.3 Å². The molecule has 2 aliphatic rings. The predicted octanol–water partition coefficient (Wildman–Crippen LogP) is 4.47. The van der Waals surface area contributed by atoms with E-state index in [1.807, 2.05) is 36.4 Å². The highest BCUT2D eigenvalue weighted by molar-refractivity contribution is 5.51. The third-order valence-electron chi connectivity index (χ3n) is 4.91. The summed E-state index contributed by atoms with van der Waals surface area (Å²) in [6, 6.07) is 15.0. The van der Waals surface area contributed by atoms with E-state index in [2.05, 4.69) is 4.90 Å². The van der Waals surface area contributed by atoms with Crippen LogP contribution in [0.1, 0.15) is 18.4 Å². The number of ether oxygens (including phenoxy) is 3. The third kappa shape index (κ3) is 3.77. The molecule has 1 fully saturated rings. The Bertz CT molecular complexity index is 749. The number of rotatable bonds is 5. The van der Waals surface area contributed by atoms with Crippen molar-refractivity contribution in [3.05, 3.63) is 72.4 Å². The average molecular weight is 355 g/mol. The van der Waals surface area contributed by atoms with Crippen LogP contribution >= 0.6 is 0 Å². The van der Waals surface area contributed by atoms with Crippen LogP contribution in [0.4, 0.5) is 10.1 Å².